The first-order valence-corrected chi connectivity index (χ1v) is 11.6. The first-order chi connectivity index (χ1) is 16.2. The molecule has 0 radical (unpaired) electrons. The molecule has 0 unspecified atom stereocenters. The fraction of sp³-hybridized carbons (Fsp3) is 0.400. The Balaban J connectivity index is 1.59. The van der Waals surface area contributed by atoms with E-state index < -0.39 is 0 Å². The number of nitrogens with zero attached hydrogens (tertiary/aromatic N) is 6. The third kappa shape index (κ3) is 3.96. The van der Waals surface area contributed by atoms with E-state index in [2.05, 4.69) is 58.5 Å². The molecule has 176 valence electrons. The molecule has 9 heteroatoms. The SMILES string of the molecule is CC(C)n1c(=O)c2cnc(Nc3ccc4c(c3)CNCC4)nc2n1-c1cnc(C(C)(C)C)cn1. The molecule has 3 aromatic heterocycles. The Hall–Kier alpha value is -3.59. The molecule has 4 heterocycles. The van der Waals surface area contributed by atoms with Gasteiger partial charge in [-0.3, -0.25) is 9.78 Å². The second-order valence-corrected chi connectivity index (χ2v) is 10.0. The van der Waals surface area contributed by atoms with E-state index in [9.17, 15) is 4.79 Å². The summed E-state index contributed by atoms with van der Waals surface area (Å²) in [7, 11) is 0. The maximum Gasteiger partial charge on any atom is 0.278 e. The molecule has 0 aliphatic carbocycles. The summed E-state index contributed by atoms with van der Waals surface area (Å²) in [6, 6.07) is 6.21. The van der Waals surface area contributed by atoms with Crippen molar-refractivity contribution in [2.24, 2.45) is 0 Å². The Labute approximate surface area is 198 Å². The van der Waals surface area contributed by atoms with Crippen LogP contribution in [0.15, 0.2) is 41.6 Å². The molecule has 1 aliphatic heterocycles. The molecule has 4 aromatic rings. The normalized spacial score (nSPS) is 13.9. The quantitative estimate of drug-likeness (QED) is 0.481. The van der Waals surface area contributed by atoms with Gasteiger partial charge in [-0.2, -0.15) is 4.98 Å². The molecule has 0 saturated heterocycles. The highest BCUT2D eigenvalue weighted by Crippen LogP contribution is 2.24. The summed E-state index contributed by atoms with van der Waals surface area (Å²) < 4.78 is 3.39. The Morgan fingerprint density at radius 1 is 1.06 bits per heavy atom. The minimum absolute atomic E-state index is 0.102. The number of benzene rings is 1. The standard InChI is InChI=1S/C25H30N8O/c1-15(2)32-23(34)19-12-29-24(30-18-7-6-16-8-9-26-11-17(16)10-18)31-22(19)33(32)21-14-27-20(13-28-21)25(3,4)5/h6-7,10,12-15,26H,8-9,11H2,1-5H3,(H,29,30,31). The molecule has 9 nitrogen and oxygen atoms in total. The topological polar surface area (TPSA) is 103 Å². The average Bonchev–Trinajstić information content (AvgIpc) is 3.10. The van der Waals surface area contributed by atoms with E-state index in [1.165, 1.54) is 11.1 Å². The lowest BCUT2D eigenvalue weighted by atomic mass is 9.93. The van der Waals surface area contributed by atoms with E-state index in [0.29, 0.717) is 22.8 Å². The summed E-state index contributed by atoms with van der Waals surface area (Å²) in [5.41, 5.74) is 4.64. The Kier molecular flexibility index (Phi) is 5.44. The van der Waals surface area contributed by atoms with Gasteiger partial charge in [0.15, 0.2) is 11.5 Å². The third-order valence-electron chi connectivity index (χ3n) is 6.08. The molecule has 5 rings (SSSR count). The molecule has 0 amide bonds. The van der Waals surface area contributed by atoms with E-state index in [0.717, 1.165) is 30.9 Å². The van der Waals surface area contributed by atoms with Crippen molar-refractivity contribution < 1.29 is 0 Å². The smallest absolute Gasteiger partial charge is 0.278 e. The van der Waals surface area contributed by atoms with Crippen molar-refractivity contribution in [1.82, 2.24) is 34.6 Å². The van der Waals surface area contributed by atoms with Gasteiger partial charge < -0.3 is 10.6 Å². The summed E-state index contributed by atoms with van der Waals surface area (Å²) in [6.45, 7) is 12.0. The maximum absolute atomic E-state index is 13.2. The third-order valence-corrected chi connectivity index (χ3v) is 6.08. The van der Waals surface area contributed by atoms with Crippen molar-refractivity contribution in [3.05, 3.63) is 64.0 Å². The number of nitrogens with one attached hydrogen (secondary N) is 2. The zero-order valence-electron chi connectivity index (χ0n) is 20.3. The van der Waals surface area contributed by atoms with Crippen molar-refractivity contribution >= 4 is 22.7 Å². The number of anilines is 2. The first-order valence-electron chi connectivity index (χ1n) is 11.6. The largest absolute Gasteiger partial charge is 0.324 e. The van der Waals surface area contributed by atoms with Gasteiger partial charge in [-0.25, -0.2) is 19.3 Å². The van der Waals surface area contributed by atoms with Gasteiger partial charge >= 0.3 is 0 Å². The molecule has 0 spiro atoms. The minimum atomic E-state index is -0.155. The highest BCUT2D eigenvalue weighted by atomic mass is 16.1. The zero-order valence-corrected chi connectivity index (χ0v) is 20.3. The molecule has 1 aliphatic rings. The van der Waals surface area contributed by atoms with Crippen LogP contribution in [0.3, 0.4) is 0 Å². The van der Waals surface area contributed by atoms with Crippen LogP contribution in [-0.4, -0.2) is 35.8 Å². The van der Waals surface area contributed by atoms with E-state index >= 15 is 0 Å². The molecule has 0 saturated carbocycles. The van der Waals surface area contributed by atoms with Crippen LogP contribution in [0.2, 0.25) is 0 Å². The lowest BCUT2D eigenvalue weighted by Gasteiger charge is -2.19. The van der Waals surface area contributed by atoms with Gasteiger partial charge in [-0.05, 0) is 50.1 Å². The van der Waals surface area contributed by atoms with Gasteiger partial charge in [-0.15, -0.1) is 0 Å². The number of rotatable bonds is 4. The van der Waals surface area contributed by atoms with Crippen molar-refractivity contribution in [3.8, 4) is 5.82 Å². The summed E-state index contributed by atoms with van der Waals surface area (Å²) in [5.74, 6) is 0.962. The summed E-state index contributed by atoms with van der Waals surface area (Å²) in [5, 5.41) is 7.14. The molecule has 2 N–H and O–H groups in total. The Bertz CT molecular complexity index is 1410. The van der Waals surface area contributed by atoms with Gasteiger partial charge in [0.05, 0.1) is 18.1 Å². The summed E-state index contributed by atoms with van der Waals surface area (Å²) in [4.78, 5) is 31.6. The number of aromatic nitrogens is 6. The molecular formula is C25H30N8O. The van der Waals surface area contributed by atoms with Gasteiger partial charge in [-0.1, -0.05) is 26.8 Å². The van der Waals surface area contributed by atoms with Crippen LogP contribution in [-0.2, 0) is 18.4 Å². The van der Waals surface area contributed by atoms with Crippen LogP contribution in [0.25, 0.3) is 16.9 Å². The maximum atomic E-state index is 13.2. The fourth-order valence-corrected chi connectivity index (χ4v) is 4.25. The Morgan fingerprint density at radius 2 is 1.88 bits per heavy atom. The molecule has 34 heavy (non-hydrogen) atoms. The zero-order chi connectivity index (χ0) is 24.0. The fourth-order valence-electron chi connectivity index (χ4n) is 4.25. The van der Waals surface area contributed by atoms with Gasteiger partial charge in [0.2, 0.25) is 5.95 Å². The molecule has 0 bridgehead atoms. The molecule has 0 fully saturated rings. The predicted octanol–water partition coefficient (Wildman–Crippen LogP) is 3.64. The number of hydrogen-bond acceptors (Lipinski definition) is 7. The highest BCUT2D eigenvalue weighted by Gasteiger charge is 2.22. The minimum Gasteiger partial charge on any atom is -0.324 e. The van der Waals surface area contributed by atoms with E-state index in [-0.39, 0.29) is 17.0 Å². The van der Waals surface area contributed by atoms with Crippen LogP contribution in [0.1, 0.15) is 57.5 Å². The lowest BCUT2D eigenvalue weighted by Crippen LogP contribution is -2.25. The first kappa shape index (κ1) is 22.2. The second-order valence-electron chi connectivity index (χ2n) is 10.0. The number of fused-ring (bicyclic) bond motifs is 2. The predicted molar refractivity (Wildman–Crippen MR) is 133 cm³/mol. The van der Waals surface area contributed by atoms with Crippen LogP contribution >= 0.6 is 0 Å². The van der Waals surface area contributed by atoms with E-state index in [1.807, 2.05) is 19.9 Å². The van der Waals surface area contributed by atoms with Crippen molar-refractivity contribution in [2.45, 2.75) is 59.0 Å². The average molecular weight is 459 g/mol. The van der Waals surface area contributed by atoms with Crippen LogP contribution < -0.4 is 16.2 Å². The van der Waals surface area contributed by atoms with Crippen molar-refractivity contribution in [3.63, 3.8) is 0 Å². The number of hydrogen-bond donors (Lipinski definition) is 2. The van der Waals surface area contributed by atoms with Crippen LogP contribution in [0.4, 0.5) is 11.6 Å². The van der Waals surface area contributed by atoms with Gasteiger partial charge in [0.25, 0.3) is 5.56 Å². The van der Waals surface area contributed by atoms with Gasteiger partial charge in [0, 0.05) is 29.9 Å². The van der Waals surface area contributed by atoms with E-state index in [4.69, 9.17) is 4.98 Å². The second kappa shape index (κ2) is 8.32. The summed E-state index contributed by atoms with van der Waals surface area (Å²) in [6.07, 6.45) is 6.07. The monoisotopic (exact) mass is 458 g/mol. The molecule has 1 aromatic carbocycles. The summed E-state index contributed by atoms with van der Waals surface area (Å²) >= 11 is 0. The lowest BCUT2D eigenvalue weighted by molar-refractivity contribution is 0.470. The molecule has 0 atom stereocenters. The van der Waals surface area contributed by atoms with Crippen molar-refractivity contribution in [2.75, 3.05) is 11.9 Å². The Morgan fingerprint density at radius 3 is 2.59 bits per heavy atom. The van der Waals surface area contributed by atoms with Crippen molar-refractivity contribution in [1.29, 1.82) is 0 Å². The van der Waals surface area contributed by atoms with Gasteiger partial charge in [0.1, 0.15) is 5.39 Å². The van der Waals surface area contributed by atoms with E-state index in [1.54, 1.807) is 28.0 Å². The molecular weight excluding hydrogens is 428 g/mol. The van der Waals surface area contributed by atoms with Crippen LogP contribution in [0.5, 0.6) is 0 Å². The highest BCUT2D eigenvalue weighted by molar-refractivity contribution is 5.77. The van der Waals surface area contributed by atoms with Crippen LogP contribution in [0, 0.1) is 0 Å².